The smallest absolute Gasteiger partial charge is 0.00581 e. The lowest BCUT2D eigenvalue weighted by molar-refractivity contribution is 0.526. The van der Waals surface area contributed by atoms with Gasteiger partial charge in [0.1, 0.15) is 0 Å². The highest BCUT2D eigenvalue weighted by molar-refractivity contribution is 7.99. The van der Waals surface area contributed by atoms with Crippen LogP contribution in [-0.2, 0) is 0 Å². The molecule has 0 rings (SSSR count). The molecule has 0 fully saturated rings. The first-order chi connectivity index (χ1) is 6.31. The van der Waals surface area contributed by atoms with Crippen molar-refractivity contribution in [1.29, 1.82) is 0 Å². The SMILES string of the molecule is CCCCSCCNC(C)CCC. The molecule has 0 aromatic carbocycles. The van der Waals surface area contributed by atoms with Crippen molar-refractivity contribution in [2.24, 2.45) is 0 Å². The summed E-state index contributed by atoms with van der Waals surface area (Å²) in [4.78, 5) is 0. The van der Waals surface area contributed by atoms with E-state index in [1.54, 1.807) is 0 Å². The van der Waals surface area contributed by atoms with Crippen molar-refractivity contribution in [3.8, 4) is 0 Å². The summed E-state index contributed by atoms with van der Waals surface area (Å²) in [6.07, 6.45) is 5.29. The highest BCUT2D eigenvalue weighted by Gasteiger charge is 1.97. The molecule has 0 aromatic rings. The molecular formula is C11H25NS. The molecule has 0 amide bonds. The molecule has 0 aliphatic carbocycles. The summed E-state index contributed by atoms with van der Waals surface area (Å²) in [5.41, 5.74) is 0. The van der Waals surface area contributed by atoms with Gasteiger partial charge in [0, 0.05) is 18.3 Å². The van der Waals surface area contributed by atoms with E-state index in [0.717, 1.165) is 0 Å². The molecule has 0 radical (unpaired) electrons. The Morgan fingerprint density at radius 3 is 2.54 bits per heavy atom. The third kappa shape index (κ3) is 10.2. The molecule has 1 unspecified atom stereocenters. The van der Waals surface area contributed by atoms with Gasteiger partial charge in [0.25, 0.3) is 0 Å². The van der Waals surface area contributed by atoms with Crippen LogP contribution in [0.2, 0.25) is 0 Å². The first-order valence-electron chi connectivity index (χ1n) is 5.62. The van der Waals surface area contributed by atoms with Crippen molar-refractivity contribution in [3.05, 3.63) is 0 Å². The largest absolute Gasteiger partial charge is 0.313 e. The summed E-state index contributed by atoms with van der Waals surface area (Å²) in [5.74, 6) is 2.61. The van der Waals surface area contributed by atoms with Gasteiger partial charge in [-0.15, -0.1) is 0 Å². The van der Waals surface area contributed by atoms with Crippen LogP contribution < -0.4 is 5.32 Å². The second-order valence-corrected chi connectivity index (χ2v) is 4.83. The first-order valence-corrected chi connectivity index (χ1v) is 6.77. The Kier molecular flexibility index (Phi) is 10.6. The molecule has 2 heteroatoms. The van der Waals surface area contributed by atoms with Crippen molar-refractivity contribution in [1.82, 2.24) is 5.32 Å². The molecule has 0 saturated heterocycles. The average molecular weight is 203 g/mol. The van der Waals surface area contributed by atoms with Crippen LogP contribution in [0.4, 0.5) is 0 Å². The monoisotopic (exact) mass is 203 g/mol. The molecule has 0 bridgehead atoms. The van der Waals surface area contributed by atoms with E-state index < -0.39 is 0 Å². The number of hydrogen-bond donors (Lipinski definition) is 1. The van der Waals surface area contributed by atoms with Gasteiger partial charge in [0.15, 0.2) is 0 Å². The number of unbranched alkanes of at least 4 members (excludes halogenated alkanes) is 1. The molecule has 0 aliphatic rings. The average Bonchev–Trinajstić information content (AvgIpc) is 2.11. The van der Waals surface area contributed by atoms with Gasteiger partial charge in [-0.25, -0.2) is 0 Å². The lowest BCUT2D eigenvalue weighted by atomic mass is 10.2. The van der Waals surface area contributed by atoms with Crippen molar-refractivity contribution in [3.63, 3.8) is 0 Å². The van der Waals surface area contributed by atoms with Crippen LogP contribution >= 0.6 is 11.8 Å². The Hall–Kier alpha value is 0.310. The maximum Gasteiger partial charge on any atom is 0.00581 e. The van der Waals surface area contributed by atoms with Gasteiger partial charge in [-0.05, 0) is 25.5 Å². The third-order valence-electron chi connectivity index (χ3n) is 2.10. The highest BCUT2D eigenvalue weighted by atomic mass is 32.2. The Bertz CT molecular complexity index is 96.1. The van der Waals surface area contributed by atoms with E-state index in [4.69, 9.17) is 0 Å². The van der Waals surface area contributed by atoms with E-state index >= 15 is 0 Å². The molecule has 80 valence electrons. The zero-order valence-electron chi connectivity index (χ0n) is 9.44. The van der Waals surface area contributed by atoms with Crippen LogP contribution in [0, 0.1) is 0 Å². The Morgan fingerprint density at radius 2 is 1.92 bits per heavy atom. The molecule has 13 heavy (non-hydrogen) atoms. The second-order valence-electron chi connectivity index (χ2n) is 3.61. The number of thioether (sulfide) groups is 1. The fourth-order valence-electron chi connectivity index (χ4n) is 1.26. The minimum Gasteiger partial charge on any atom is -0.313 e. The molecule has 1 nitrogen and oxygen atoms in total. The fraction of sp³-hybridized carbons (Fsp3) is 1.00. The minimum atomic E-state index is 0.705. The lowest BCUT2D eigenvalue weighted by Crippen LogP contribution is -2.27. The van der Waals surface area contributed by atoms with Gasteiger partial charge in [0.05, 0.1) is 0 Å². The van der Waals surface area contributed by atoms with Gasteiger partial charge in [-0.1, -0.05) is 26.7 Å². The first kappa shape index (κ1) is 13.3. The lowest BCUT2D eigenvalue weighted by Gasteiger charge is -2.11. The summed E-state index contributed by atoms with van der Waals surface area (Å²) in [6.45, 7) is 7.95. The van der Waals surface area contributed by atoms with Crippen molar-refractivity contribution in [2.75, 3.05) is 18.1 Å². The van der Waals surface area contributed by atoms with Crippen LogP contribution in [0.3, 0.4) is 0 Å². The highest BCUT2D eigenvalue weighted by Crippen LogP contribution is 2.03. The Morgan fingerprint density at radius 1 is 1.15 bits per heavy atom. The van der Waals surface area contributed by atoms with Gasteiger partial charge >= 0.3 is 0 Å². The van der Waals surface area contributed by atoms with E-state index in [1.165, 1.54) is 43.7 Å². The molecule has 0 aromatic heterocycles. The quantitative estimate of drug-likeness (QED) is 0.577. The number of nitrogens with one attached hydrogen (secondary N) is 1. The summed E-state index contributed by atoms with van der Waals surface area (Å²) >= 11 is 2.08. The van der Waals surface area contributed by atoms with Crippen molar-refractivity contribution in [2.45, 2.75) is 52.5 Å². The van der Waals surface area contributed by atoms with E-state index in [9.17, 15) is 0 Å². The van der Waals surface area contributed by atoms with Crippen LogP contribution in [-0.4, -0.2) is 24.1 Å². The van der Waals surface area contributed by atoms with E-state index in [1.807, 2.05) is 0 Å². The molecule has 0 aliphatic heterocycles. The van der Waals surface area contributed by atoms with E-state index in [0.29, 0.717) is 6.04 Å². The van der Waals surface area contributed by atoms with Crippen LogP contribution in [0.5, 0.6) is 0 Å². The summed E-state index contributed by atoms with van der Waals surface area (Å²) in [5, 5.41) is 3.54. The standard InChI is InChI=1S/C11H25NS/c1-4-6-9-13-10-8-12-11(3)7-5-2/h11-12H,4-10H2,1-3H3. The zero-order valence-corrected chi connectivity index (χ0v) is 10.3. The van der Waals surface area contributed by atoms with E-state index in [2.05, 4.69) is 37.8 Å². The second kappa shape index (κ2) is 10.4. The molecule has 0 spiro atoms. The fourth-order valence-corrected chi connectivity index (χ4v) is 2.22. The predicted molar refractivity (Wildman–Crippen MR) is 64.6 cm³/mol. The predicted octanol–water partition coefficient (Wildman–Crippen LogP) is 3.30. The normalized spacial score (nSPS) is 13.2. The van der Waals surface area contributed by atoms with Crippen LogP contribution in [0.25, 0.3) is 0 Å². The minimum absolute atomic E-state index is 0.705. The van der Waals surface area contributed by atoms with Crippen LogP contribution in [0.1, 0.15) is 46.5 Å². The number of hydrogen-bond acceptors (Lipinski definition) is 2. The van der Waals surface area contributed by atoms with Crippen LogP contribution in [0.15, 0.2) is 0 Å². The van der Waals surface area contributed by atoms with Gasteiger partial charge < -0.3 is 5.32 Å². The topological polar surface area (TPSA) is 12.0 Å². The Labute approximate surface area is 88.1 Å². The third-order valence-corrected chi connectivity index (χ3v) is 3.17. The summed E-state index contributed by atoms with van der Waals surface area (Å²) in [7, 11) is 0. The van der Waals surface area contributed by atoms with Gasteiger partial charge in [-0.2, -0.15) is 11.8 Å². The van der Waals surface area contributed by atoms with E-state index in [-0.39, 0.29) is 0 Å². The van der Waals surface area contributed by atoms with Gasteiger partial charge in [-0.3, -0.25) is 0 Å². The molecule has 0 heterocycles. The maximum atomic E-state index is 3.54. The van der Waals surface area contributed by atoms with Crippen molar-refractivity contribution >= 4 is 11.8 Å². The van der Waals surface area contributed by atoms with Crippen molar-refractivity contribution < 1.29 is 0 Å². The zero-order chi connectivity index (χ0) is 9.94. The summed E-state index contributed by atoms with van der Waals surface area (Å²) < 4.78 is 0. The molecular weight excluding hydrogens is 178 g/mol. The molecule has 1 N–H and O–H groups in total. The molecule has 0 saturated carbocycles. The molecule has 1 atom stereocenters. The maximum absolute atomic E-state index is 3.54. The number of rotatable bonds is 9. The Balaban J connectivity index is 2.97. The summed E-state index contributed by atoms with van der Waals surface area (Å²) in [6, 6.07) is 0.705. The van der Waals surface area contributed by atoms with Gasteiger partial charge in [0.2, 0.25) is 0 Å².